The lowest BCUT2D eigenvalue weighted by Gasteiger charge is -2.15. The fraction of sp³-hybridized carbons (Fsp3) is 0.125. The van der Waals surface area contributed by atoms with Gasteiger partial charge in [0.15, 0.2) is 28.4 Å². The maximum absolute atomic E-state index is 13.1. The van der Waals surface area contributed by atoms with Crippen molar-refractivity contribution in [2.45, 2.75) is 20.1 Å². The Morgan fingerprint density at radius 1 is 0.800 bits per heavy atom. The van der Waals surface area contributed by atoms with Crippen molar-refractivity contribution < 1.29 is 33.3 Å². The molecular formula is C32H26O8. The highest BCUT2D eigenvalue weighted by Gasteiger charge is 2.22. The highest BCUT2D eigenvalue weighted by molar-refractivity contribution is 5.91. The number of ether oxygens (including phenoxy) is 4. The van der Waals surface area contributed by atoms with Crippen LogP contribution in [0, 0.1) is 0 Å². The zero-order valence-corrected chi connectivity index (χ0v) is 21.9. The Hall–Kier alpha value is -5.24. The predicted molar refractivity (Wildman–Crippen MR) is 149 cm³/mol. The first-order valence-corrected chi connectivity index (χ1v) is 12.5. The van der Waals surface area contributed by atoms with Crippen LogP contribution in [-0.2, 0) is 18.0 Å². The second kappa shape index (κ2) is 11.7. The molecule has 0 aliphatic heterocycles. The van der Waals surface area contributed by atoms with E-state index in [0.29, 0.717) is 30.3 Å². The van der Waals surface area contributed by atoms with Gasteiger partial charge < -0.3 is 28.5 Å². The minimum atomic E-state index is -0.674. The number of aromatic hydroxyl groups is 1. The van der Waals surface area contributed by atoms with E-state index in [1.165, 1.54) is 26.2 Å². The number of hydrogen-bond acceptors (Lipinski definition) is 8. The smallest absolute Gasteiger partial charge is 0.308 e. The molecule has 40 heavy (non-hydrogen) atoms. The van der Waals surface area contributed by atoms with Gasteiger partial charge in [-0.3, -0.25) is 9.59 Å². The van der Waals surface area contributed by atoms with Crippen molar-refractivity contribution in [3.8, 4) is 40.1 Å². The average molecular weight is 539 g/mol. The Labute approximate surface area is 229 Å². The Balaban J connectivity index is 1.53. The molecule has 0 fully saturated rings. The number of carbonyl (C=O) groups is 1. The number of phenolic OH excluding ortho intramolecular Hbond substituents is 1. The van der Waals surface area contributed by atoms with E-state index in [1.807, 2.05) is 60.7 Å². The van der Waals surface area contributed by atoms with Gasteiger partial charge in [-0.05, 0) is 29.3 Å². The van der Waals surface area contributed by atoms with Crippen molar-refractivity contribution in [3.05, 3.63) is 112 Å². The maximum atomic E-state index is 13.1. The summed E-state index contributed by atoms with van der Waals surface area (Å²) in [4.78, 5) is 24.6. The molecule has 1 heterocycles. The summed E-state index contributed by atoms with van der Waals surface area (Å²) in [5.74, 6) is -0.204. The highest BCUT2D eigenvalue weighted by Crippen LogP contribution is 2.43. The van der Waals surface area contributed by atoms with E-state index >= 15 is 0 Å². The van der Waals surface area contributed by atoms with Crippen molar-refractivity contribution in [3.63, 3.8) is 0 Å². The van der Waals surface area contributed by atoms with Crippen molar-refractivity contribution in [2.24, 2.45) is 0 Å². The van der Waals surface area contributed by atoms with Gasteiger partial charge in [0.25, 0.3) is 0 Å². The summed E-state index contributed by atoms with van der Waals surface area (Å²) in [7, 11) is 1.35. The van der Waals surface area contributed by atoms with Crippen molar-refractivity contribution >= 4 is 16.9 Å². The second-order valence-electron chi connectivity index (χ2n) is 8.91. The summed E-state index contributed by atoms with van der Waals surface area (Å²) in [5, 5.41) is 10.6. The van der Waals surface area contributed by atoms with Gasteiger partial charge in [0.1, 0.15) is 29.9 Å². The molecule has 0 saturated carbocycles. The fourth-order valence-electron chi connectivity index (χ4n) is 4.16. The number of phenols is 1. The molecule has 202 valence electrons. The normalized spacial score (nSPS) is 10.8. The van der Waals surface area contributed by atoms with Gasteiger partial charge in [-0.15, -0.1) is 0 Å². The van der Waals surface area contributed by atoms with Crippen LogP contribution < -0.4 is 24.4 Å². The molecule has 0 bridgehead atoms. The molecule has 5 aromatic rings. The first-order valence-electron chi connectivity index (χ1n) is 12.5. The lowest BCUT2D eigenvalue weighted by molar-refractivity contribution is -0.132. The molecule has 0 saturated heterocycles. The van der Waals surface area contributed by atoms with E-state index < -0.39 is 17.1 Å². The largest absolute Gasteiger partial charge is 0.504 e. The standard InChI is InChI=1S/C32H26O8/c1-20(33)39-32-29(36-2)17-28-30(31(32)35)24(34)16-26(40-28)23-13-14-25(37-18-21-9-5-3-6-10-21)27(15-23)38-19-22-11-7-4-8-12-22/h3-17,35H,18-19H2,1-2H3. The SMILES string of the molecule is COc1cc2oc(-c3ccc(OCc4ccccc4)c(OCc4ccccc4)c3)cc(=O)c2c(O)c1OC(C)=O. The van der Waals surface area contributed by atoms with E-state index in [1.54, 1.807) is 18.2 Å². The molecule has 0 unspecified atom stereocenters. The molecule has 0 radical (unpaired) electrons. The van der Waals surface area contributed by atoms with Crippen LogP contribution in [0.2, 0.25) is 0 Å². The van der Waals surface area contributed by atoms with Crippen LogP contribution in [0.4, 0.5) is 0 Å². The molecule has 0 atom stereocenters. The van der Waals surface area contributed by atoms with Crippen LogP contribution in [-0.4, -0.2) is 18.2 Å². The lowest BCUT2D eigenvalue weighted by Crippen LogP contribution is -2.07. The molecular weight excluding hydrogens is 512 g/mol. The third kappa shape index (κ3) is 5.76. The zero-order valence-electron chi connectivity index (χ0n) is 21.9. The van der Waals surface area contributed by atoms with Gasteiger partial charge in [0.05, 0.1) is 7.11 Å². The third-order valence-electron chi connectivity index (χ3n) is 6.08. The number of rotatable bonds is 9. The molecule has 5 rings (SSSR count). The van der Waals surface area contributed by atoms with Crippen LogP contribution in [0.25, 0.3) is 22.3 Å². The van der Waals surface area contributed by atoms with Crippen LogP contribution in [0.5, 0.6) is 28.7 Å². The molecule has 0 amide bonds. The summed E-state index contributed by atoms with van der Waals surface area (Å²) >= 11 is 0. The minimum Gasteiger partial charge on any atom is -0.504 e. The predicted octanol–water partition coefficient (Wildman–Crippen LogP) is 6.26. The van der Waals surface area contributed by atoms with Crippen LogP contribution in [0.3, 0.4) is 0 Å². The van der Waals surface area contributed by atoms with Gasteiger partial charge in [-0.1, -0.05) is 60.7 Å². The van der Waals surface area contributed by atoms with E-state index in [0.717, 1.165) is 11.1 Å². The topological polar surface area (TPSA) is 104 Å². The number of esters is 1. The minimum absolute atomic E-state index is 0.0389. The summed E-state index contributed by atoms with van der Waals surface area (Å²) in [5.41, 5.74) is 2.06. The van der Waals surface area contributed by atoms with Gasteiger partial charge in [0.2, 0.25) is 5.75 Å². The summed E-state index contributed by atoms with van der Waals surface area (Å²) in [6.07, 6.45) is 0. The quantitative estimate of drug-likeness (QED) is 0.173. The monoisotopic (exact) mass is 538 g/mol. The molecule has 8 heteroatoms. The molecule has 0 aliphatic rings. The van der Waals surface area contributed by atoms with Crippen LogP contribution in [0.15, 0.2) is 100 Å². The lowest BCUT2D eigenvalue weighted by atomic mass is 10.1. The van der Waals surface area contributed by atoms with E-state index in [-0.39, 0.29) is 28.2 Å². The van der Waals surface area contributed by atoms with Crippen molar-refractivity contribution in [1.82, 2.24) is 0 Å². The molecule has 4 aromatic carbocycles. The number of hydrogen-bond donors (Lipinski definition) is 1. The van der Waals surface area contributed by atoms with Crippen molar-refractivity contribution in [2.75, 3.05) is 7.11 Å². The summed E-state index contributed by atoms with van der Waals surface area (Å²) in [6, 6.07) is 27.4. The second-order valence-corrected chi connectivity index (χ2v) is 8.91. The van der Waals surface area contributed by atoms with Gasteiger partial charge in [-0.25, -0.2) is 0 Å². The fourth-order valence-corrected chi connectivity index (χ4v) is 4.16. The first-order chi connectivity index (χ1) is 19.4. The molecule has 0 aliphatic carbocycles. The Bertz CT molecular complexity index is 1710. The van der Waals surface area contributed by atoms with E-state index in [4.69, 9.17) is 23.4 Å². The summed E-state index contributed by atoms with van der Waals surface area (Å²) in [6.45, 7) is 1.83. The average Bonchev–Trinajstić information content (AvgIpc) is 2.97. The number of carbonyl (C=O) groups excluding carboxylic acids is 1. The van der Waals surface area contributed by atoms with Gasteiger partial charge in [-0.2, -0.15) is 0 Å². The highest BCUT2D eigenvalue weighted by atomic mass is 16.6. The Kier molecular flexibility index (Phi) is 7.68. The molecule has 0 spiro atoms. The van der Waals surface area contributed by atoms with Gasteiger partial charge >= 0.3 is 5.97 Å². The molecule has 1 aromatic heterocycles. The zero-order chi connectivity index (χ0) is 28.1. The van der Waals surface area contributed by atoms with E-state index in [2.05, 4.69) is 0 Å². The number of methoxy groups -OCH3 is 1. The summed E-state index contributed by atoms with van der Waals surface area (Å²) < 4.78 is 28.6. The van der Waals surface area contributed by atoms with Crippen LogP contribution >= 0.6 is 0 Å². The Morgan fingerprint density at radius 3 is 2.02 bits per heavy atom. The first kappa shape index (κ1) is 26.4. The van der Waals surface area contributed by atoms with Gasteiger partial charge in [0, 0.05) is 24.6 Å². The molecule has 8 nitrogen and oxygen atoms in total. The maximum Gasteiger partial charge on any atom is 0.308 e. The van der Waals surface area contributed by atoms with E-state index in [9.17, 15) is 14.7 Å². The van der Waals surface area contributed by atoms with Crippen molar-refractivity contribution in [1.29, 1.82) is 0 Å². The number of fused-ring (bicyclic) bond motifs is 1. The third-order valence-corrected chi connectivity index (χ3v) is 6.08. The number of benzene rings is 4. The van der Waals surface area contributed by atoms with Crippen LogP contribution in [0.1, 0.15) is 18.1 Å². The molecule has 1 N–H and O–H groups in total. The Morgan fingerprint density at radius 2 is 1.43 bits per heavy atom.